The largest absolute Gasteiger partial charge is 0.347 e. The van der Waals surface area contributed by atoms with Crippen LogP contribution in [0.15, 0.2) is 53.5 Å². The Kier molecular flexibility index (Phi) is 3.98. The predicted octanol–water partition coefficient (Wildman–Crippen LogP) is 4.20. The standard InChI is InChI=1S/C19H19N3O/c1-13-18(17-6-4-5-7-19(17)22(13)3)12-20-15-8-10-16(11-9-15)21-14(2)23/h4-12H,1-3H3,(H,21,23). The lowest BCUT2D eigenvalue weighted by atomic mass is 10.1. The van der Waals surface area contributed by atoms with Crippen molar-refractivity contribution in [3.63, 3.8) is 0 Å². The van der Waals surface area contributed by atoms with E-state index >= 15 is 0 Å². The predicted molar refractivity (Wildman–Crippen MR) is 95.7 cm³/mol. The summed E-state index contributed by atoms with van der Waals surface area (Å²) < 4.78 is 2.18. The maximum atomic E-state index is 11.0. The molecule has 1 amide bonds. The summed E-state index contributed by atoms with van der Waals surface area (Å²) in [5.41, 5.74) is 5.15. The van der Waals surface area contributed by atoms with Crippen molar-refractivity contribution in [2.24, 2.45) is 12.0 Å². The third-order valence-corrected chi connectivity index (χ3v) is 3.98. The van der Waals surface area contributed by atoms with Crippen LogP contribution in [0.4, 0.5) is 11.4 Å². The van der Waals surface area contributed by atoms with Gasteiger partial charge in [-0.2, -0.15) is 0 Å². The van der Waals surface area contributed by atoms with Gasteiger partial charge in [0.2, 0.25) is 5.91 Å². The molecule has 0 radical (unpaired) electrons. The number of amides is 1. The van der Waals surface area contributed by atoms with E-state index < -0.39 is 0 Å². The summed E-state index contributed by atoms with van der Waals surface area (Å²) in [6.07, 6.45) is 1.91. The van der Waals surface area contributed by atoms with Gasteiger partial charge in [0.25, 0.3) is 0 Å². The summed E-state index contributed by atoms with van der Waals surface area (Å²) in [7, 11) is 2.07. The Morgan fingerprint density at radius 3 is 2.52 bits per heavy atom. The van der Waals surface area contributed by atoms with Gasteiger partial charge in [-0.15, -0.1) is 0 Å². The fraction of sp³-hybridized carbons (Fsp3) is 0.158. The van der Waals surface area contributed by atoms with Crippen molar-refractivity contribution in [3.05, 3.63) is 59.8 Å². The molecule has 0 aliphatic rings. The minimum absolute atomic E-state index is 0.0763. The van der Waals surface area contributed by atoms with E-state index in [1.807, 2.05) is 42.6 Å². The summed E-state index contributed by atoms with van der Waals surface area (Å²) >= 11 is 0. The van der Waals surface area contributed by atoms with E-state index in [0.717, 1.165) is 16.9 Å². The van der Waals surface area contributed by atoms with Gasteiger partial charge in [-0.25, -0.2) is 0 Å². The number of carbonyl (C=O) groups is 1. The van der Waals surface area contributed by atoms with Crippen LogP contribution in [0.2, 0.25) is 0 Å². The number of nitrogens with zero attached hydrogens (tertiary/aromatic N) is 2. The Balaban J connectivity index is 1.91. The van der Waals surface area contributed by atoms with E-state index in [-0.39, 0.29) is 5.91 Å². The van der Waals surface area contributed by atoms with Gasteiger partial charge < -0.3 is 9.88 Å². The Morgan fingerprint density at radius 1 is 1.13 bits per heavy atom. The monoisotopic (exact) mass is 305 g/mol. The number of carbonyl (C=O) groups excluding carboxylic acids is 1. The maximum Gasteiger partial charge on any atom is 0.221 e. The smallest absolute Gasteiger partial charge is 0.221 e. The van der Waals surface area contributed by atoms with E-state index in [0.29, 0.717) is 0 Å². The molecule has 0 aliphatic heterocycles. The molecule has 0 saturated heterocycles. The topological polar surface area (TPSA) is 46.4 Å². The van der Waals surface area contributed by atoms with Crippen molar-refractivity contribution in [2.45, 2.75) is 13.8 Å². The van der Waals surface area contributed by atoms with Crippen LogP contribution in [0.3, 0.4) is 0 Å². The molecule has 0 aliphatic carbocycles. The number of nitrogens with one attached hydrogen (secondary N) is 1. The molecule has 4 nitrogen and oxygen atoms in total. The number of anilines is 1. The fourth-order valence-electron chi connectivity index (χ4n) is 2.69. The second-order valence-corrected chi connectivity index (χ2v) is 5.56. The van der Waals surface area contributed by atoms with Gasteiger partial charge in [-0.05, 0) is 37.3 Å². The van der Waals surface area contributed by atoms with Gasteiger partial charge >= 0.3 is 0 Å². The first-order valence-corrected chi connectivity index (χ1v) is 7.52. The van der Waals surface area contributed by atoms with E-state index in [4.69, 9.17) is 0 Å². The lowest BCUT2D eigenvalue weighted by Gasteiger charge is -2.01. The Hall–Kier alpha value is -2.88. The first-order valence-electron chi connectivity index (χ1n) is 7.52. The first kappa shape index (κ1) is 15.0. The molecule has 0 unspecified atom stereocenters. The van der Waals surface area contributed by atoms with Crippen LogP contribution in [-0.2, 0) is 11.8 Å². The zero-order valence-corrected chi connectivity index (χ0v) is 13.5. The van der Waals surface area contributed by atoms with Gasteiger partial charge in [0, 0.05) is 48.0 Å². The van der Waals surface area contributed by atoms with Gasteiger partial charge in [0.05, 0.1) is 5.69 Å². The zero-order chi connectivity index (χ0) is 16.4. The summed E-state index contributed by atoms with van der Waals surface area (Å²) in [6, 6.07) is 15.8. The Bertz CT molecular complexity index is 889. The van der Waals surface area contributed by atoms with Crippen LogP contribution in [0.25, 0.3) is 10.9 Å². The molecule has 1 aromatic heterocycles. The molecule has 0 fully saturated rings. The van der Waals surface area contributed by atoms with Crippen LogP contribution in [0.5, 0.6) is 0 Å². The highest BCUT2D eigenvalue weighted by Crippen LogP contribution is 2.24. The highest BCUT2D eigenvalue weighted by molar-refractivity contribution is 6.01. The lowest BCUT2D eigenvalue weighted by Crippen LogP contribution is -2.04. The summed E-state index contributed by atoms with van der Waals surface area (Å²) in [5.74, 6) is -0.0763. The maximum absolute atomic E-state index is 11.0. The highest BCUT2D eigenvalue weighted by atomic mass is 16.1. The van der Waals surface area contributed by atoms with E-state index in [9.17, 15) is 4.79 Å². The number of benzene rings is 2. The number of rotatable bonds is 3. The molecule has 3 aromatic rings. The van der Waals surface area contributed by atoms with Gasteiger partial charge in [0.15, 0.2) is 0 Å². The number of aliphatic imine (C=N–C) groups is 1. The van der Waals surface area contributed by atoms with Crippen LogP contribution in [0, 0.1) is 6.92 Å². The summed E-state index contributed by atoms with van der Waals surface area (Å²) in [4.78, 5) is 15.6. The van der Waals surface area contributed by atoms with Crippen LogP contribution < -0.4 is 5.32 Å². The molecule has 1 N–H and O–H groups in total. The SMILES string of the molecule is CC(=O)Nc1ccc(N=Cc2c(C)n(C)c3ccccc23)cc1. The minimum Gasteiger partial charge on any atom is -0.347 e. The van der Waals surface area contributed by atoms with Crippen molar-refractivity contribution in [2.75, 3.05) is 5.32 Å². The second kappa shape index (κ2) is 6.08. The summed E-state index contributed by atoms with van der Waals surface area (Å²) in [5, 5.41) is 3.95. The number of aryl methyl sites for hydroxylation is 1. The first-order chi connectivity index (χ1) is 11.1. The molecular formula is C19H19N3O. The molecule has 116 valence electrons. The van der Waals surface area contributed by atoms with Crippen LogP contribution in [0.1, 0.15) is 18.2 Å². The van der Waals surface area contributed by atoms with Gasteiger partial charge in [-0.3, -0.25) is 9.79 Å². The van der Waals surface area contributed by atoms with E-state index in [1.54, 1.807) is 0 Å². The average molecular weight is 305 g/mol. The molecule has 2 aromatic carbocycles. The third-order valence-electron chi connectivity index (χ3n) is 3.98. The molecule has 4 heteroatoms. The fourth-order valence-corrected chi connectivity index (χ4v) is 2.69. The number of para-hydroxylation sites is 1. The van der Waals surface area contributed by atoms with Gasteiger partial charge in [-0.1, -0.05) is 18.2 Å². The number of hydrogen-bond acceptors (Lipinski definition) is 2. The van der Waals surface area contributed by atoms with Crippen LogP contribution >= 0.6 is 0 Å². The minimum atomic E-state index is -0.0763. The second-order valence-electron chi connectivity index (χ2n) is 5.56. The molecule has 23 heavy (non-hydrogen) atoms. The van der Waals surface area contributed by atoms with Crippen molar-refractivity contribution in [3.8, 4) is 0 Å². The van der Waals surface area contributed by atoms with E-state index in [2.05, 4.69) is 41.0 Å². The molecular weight excluding hydrogens is 286 g/mol. The normalized spacial score (nSPS) is 11.3. The van der Waals surface area contributed by atoms with Crippen LogP contribution in [-0.4, -0.2) is 16.7 Å². The average Bonchev–Trinajstić information content (AvgIpc) is 2.78. The molecule has 1 heterocycles. The quantitative estimate of drug-likeness (QED) is 0.724. The van der Waals surface area contributed by atoms with Gasteiger partial charge in [0.1, 0.15) is 0 Å². The Labute approximate surface area is 135 Å². The van der Waals surface area contributed by atoms with E-state index in [1.165, 1.54) is 23.5 Å². The van der Waals surface area contributed by atoms with Crippen molar-refractivity contribution < 1.29 is 4.79 Å². The lowest BCUT2D eigenvalue weighted by molar-refractivity contribution is -0.114. The zero-order valence-electron chi connectivity index (χ0n) is 13.5. The molecule has 0 bridgehead atoms. The third kappa shape index (κ3) is 3.01. The van der Waals surface area contributed by atoms with Crippen molar-refractivity contribution in [1.29, 1.82) is 0 Å². The molecule has 0 saturated carbocycles. The Morgan fingerprint density at radius 2 is 1.83 bits per heavy atom. The molecule has 0 atom stereocenters. The van der Waals surface area contributed by atoms with Crippen molar-refractivity contribution in [1.82, 2.24) is 4.57 Å². The number of hydrogen-bond donors (Lipinski definition) is 1. The highest BCUT2D eigenvalue weighted by Gasteiger charge is 2.09. The molecule has 0 spiro atoms. The summed E-state index contributed by atoms with van der Waals surface area (Å²) in [6.45, 7) is 3.59. The molecule has 3 rings (SSSR count). The van der Waals surface area contributed by atoms with Crippen molar-refractivity contribution >= 4 is 34.4 Å². The number of aromatic nitrogens is 1. The number of fused-ring (bicyclic) bond motifs is 1.